The fraction of sp³-hybridized carbons (Fsp3) is 0.750. The number of hydrogen-bond acceptors (Lipinski definition) is 3. The predicted octanol–water partition coefficient (Wildman–Crippen LogP) is 4.21. The normalized spacial score (nSPS) is 15.9. The summed E-state index contributed by atoms with van der Waals surface area (Å²) in [6, 6.07) is 0. The third kappa shape index (κ3) is 4.30. The van der Waals surface area contributed by atoms with E-state index in [1.165, 1.54) is 0 Å². The quantitative estimate of drug-likeness (QED) is 0.327. The van der Waals surface area contributed by atoms with Gasteiger partial charge in [0.1, 0.15) is 6.61 Å². The Morgan fingerprint density at radius 2 is 1.21 bits per heavy atom. The van der Waals surface area contributed by atoms with Crippen LogP contribution in [0.4, 0.5) is 57.1 Å². The molecular weight excluding hydrogens is 439 g/mol. The van der Waals surface area contributed by atoms with Gasteiger partial charge in [-0.3, -0.25) is 0 Å². The van der Waals surface area contributed by atoms with Crippen LogP contribution in [0.15, 0.2) is 12.7 Å². The number of hydrogen-bond donors (Lipinski definition) is 1. The zero-order valence-electron chi connectivity index (χ0n) is 13.0. The lowest BCUT2D eigenvalue weighted by Gasteiger charge is -2.40. The van der Waals surface area contributed by atoms with Crippen molar-refractivity contribution in [3.05, 3.63) is 12.7 Å². The zero-order valence-corrected chi connectivity index (χ0v) is 13.0. The van der Waals surface area contributed by atoms with Crippen LogP contribution in [-0.4, -0.2) is 59.6 Å². The van der Waals surface area contributed by atoms with Gasteiger partial charge in [-0.05, 0) is 0 Å². The van der Waals surface area contributed by atoms with E-state index < -0.39 is 60.9 Å². The van der Waals surface area contributed by atoms with E-state index in [0.717, 1.165) is 0 Å². The Bertz CT molecular complexity index is 582. The van der Waals surface area contributed by atoms with E-state index in [0.29, 0.717) is 6.08 Å². The molecule has 16 heteroatoms. The molecule has 0 bridgehead atoms. The molecule has 0 rings (SSSR count). The van der Waals surface area contributed by atoms with Crippen LogP contribution in [0.5, 0.6) is 0 Å². The van der Waals surface area contributed by atoms with Gasteiger partial charge in [0, 0.05) is 12.5 Å². The lowest BCUT2D eigenvalue weighted by Crippen LogP contribution is -2.70. The second kappa shape index (κ2) is 7.59. The van der Waals surface area contributed by atoms with E-state index in [1.807, 2.05) is 0 Å². The first kappa shape index (κ1) is 26.3. The first-order valence-electron chi connectivity index (χ1n) is 6.53. The van der Waals surface area contributed by atoms with Crippen molar-refractivity contribution in [3.63, 3.8) is 0 Å². The van der Waals surface area contributed by atoms with Gasteiger partial charge in [-0.2, -0.15) is 57.1 Å². The number of aliphatic hydroxyl groups excluding tert-OH is 1. The Morgan fingerprint density at radius 3 is 1.57 bits per heavy atom. The summed E-state index contributed by atoms with van der Waals surface area (Å²) in [5, 5.41) is 8.96. The highest BCUT2D eigenvalue weighted by atomic mass is 19.4. The fourth-order valence-electron chi connectivity index (χ4n) is 1.52. The average molecular weight is 448 g/mol. The molecule has 0 aromatic rings. The molecule has 0 aromatic heterocycles. The van der Waals surface area contributed by atoms with Gasteiger partial charge in [-0.25, -0.2) is 4.79 Å². The number of halogens is 13. The molecule has 1 N–H and O–H groups in total. The summed E-state index contributed by atoms with van der Waals surface area (Å²) >= 11 is 0. The summed E-state index contributed by atoms with van der Waals surface area (Å²) in [5.74, 6) is -39.1. The van der Waals surface area contributed by atoms with Crippen LogP contribution in [-0.2, 0) is 9.53 Å². The minimum Gasteiger partial charge on any atom is -0.460 e. The molecule has 0 radical (unpaired) electrons. The third-order valence-corrected chi connectivity index (χ3v) is 3.08. The van der Waals surface area contributed by atoms with Crippen molar-refractivity contribution < 1.29 is 71.7 Å². The Balaban J connectivity index is 5.85. The number of carbonyl (C=O) groups is 1. The maximum Gasteiger partial charge on any atom is 0.460 e. The Morgan fingerprint density at radius 1 is 0.821 bits per heavy atom. The van der Waals surface area contributed by atoms with Gasteiger partial charge in [0.25, 0.3) is 0 Å². The van der Waals surface area contributed by atoms with Crippen LogP contribution in [0.3, 0.4) is 0 Å². The van der Waals surface area contributed by atoms with Crippen molar-refractivity contribution >= 4 is 5.97 Å². The smallest absolute Gasteiger partial charge is 0.460 e. The Kier molecular flexibility index (Phi) is 7.12. The number of aliphatic hydroxyl groups is 1. The molecule has 0 heterocycles. The minimum atomic E-state index is -8.01. The molecule has 28 heavy (non-hydrogen) atoms. The van der Waals surface area contributed by atoms with Crippen molar-refractivity contribution in [3.8, 4) is 0 Å². The minimum absolute atomic E-state index is 0.382. The zero-order chi connectivity index (χ0) is 23.0. The number of alkyl halides is 13. The molecule has 0 aliphatic rings. The van der Waals surface area contributed by atoms with E-state index >= 15 is 0 Å². The molecule has 0 spiro atoms. The molecule has 1 atom stereocenters. The van der Waals surface area contributed by atoms with Crippen molar-refractivity contribution in [1.82, 2.24) is 0 Å². The maximum absolute atomic E-state index is 13.4. The molecule has 0 saturated heterocycles. The van der Waals surface area contributed by atoms with Crippen LogP contribution >= 0.6 is 0 Å². The first-order valence-corrected chi connectivity index (χ1v) is 6.53. The number of esters is 1. The number of ether oxygens (including phenoxy) is 1. The predicted molar refractivity (Wildman–Crippen MR) is 62.6 cm³/mol. The average Bonchev–Trinajstić information content (AvgIpc) is 2.50. The van der Waals surface area contributed by atoms with Gasteiger partial charge in [0.05, 0.1) is 6.10 Å². The highest BCUT2D eigenvalue weighted by Gasteiger charge is 2.90. The molecule has 166 valence electrons. The second-order valence-corrected chi connectivity index (χ2v) is 5.19. The van der Waals surface area contributed by atoms with E-state index in [2.05, 4.69) is 11.3 Å². The highest BCUT2D eigenvalue weighted by molar-refractivity contribution is 5.81. The highest BCUT2D eigenvalue weighted by Crippen LogP contribution is 2.60. The largest absolute Gasteiger partial charge is 0.460 e. The second-order valence-electron chi connectivity index (χ2n) is 5.19. The maximum atomic E-state index is 13.4. The van der Waals surface area contributed by atoms with E-state index in [9.17, 15) is 61.9 Å². The lowest BCUT2D eigenvalue weighted by molar-refractivity contribution is -0.440. The summed E-state index contributed by atoms with van der Waals surface area (Å²) in [4.78, 5) is 10.6. The molecule has 3 nitrogen and oxygen atoms in total. The number of rotatable bonds is 9. The summed E-state index contributed by atoms with van der Waals surface area (Å²) < 4.78 is 170. The van der Waals surface area contributed by atoms with Gasteiger partial charge in [-0.1, -0.05) is 6.58 Å². The Labute approximate surface area is 146 Å². The summed E-state index contributed by atoms with van der Waals surface area (Å²) in [7, 11) is 0. The molecule has 0 saturated carbocycles. The van der Waals surface area contributed by atoms with Crippen molar-refractivity contribution in [2.24, 2.45) is 0 Å². The molecule has 0 fully saturated rings. The molecular formula is C12H9F13O3. The monoisotopic (exact) mass is 448 g/mol. The van der Waals surface area contributed by atoms with Crippen molar-refractivity contribution in [2.75, 3.05) is 6.61 Å². The first-order chi connectivity index (χ1) is 12.1. The van der Waals surface area contributed by atoms with Crippen LogP contribution in [0.2, 0.25) is 0 Å². The SMILES string of the molecule is C=CC(=O)OCC(O)CC(F)(F)C(F)(F)C(F)(F)C(F)(F)C(F)(F)C(F)(F)F. The molecule has 0 aromatic carbocycles. The van der Waals surface area contributed by atoms with Gasteiger partial charge in [0.15, 0.2) is 0 Å². The van der Waals surface area contributed by atoms with Crippen molar-refractivity contribution in [1.29, 1.82) is 0 Å². The molecule has 0 aliphatic heterocycles. The van der Waals surface area contributed by atoms with Gasteiger partial charge < -0.3 is 9.84 Å². The summed E-state index contributed by atoms with van der Waals surface area (Å²) in [6.45, 7) is 1.21. The van der Waals surface area contributed by atoms with E-state index in [1.54, 1.807) is 0 Å². The standard InChI is InChI=1S/C12H9F13O3/c1-2-6(27)28-4-5(26)3-7(13,14)8(15,16)9(17,18)10(19,20)11(21,22)12(23,24)25/h2,5,26H,1,3-4H2. The fourth-order valence-corrected chi connectivity index (χ4v) is 1.52. The lowest BCUT2D eigenvalue weighted by atomic mass is 9.91. The summed E-state index contributed by atoms with van der Waals surface area (Å²) in [6.07, 6.45) is -12.9. The summed E-state index contributed by atoms with van der Waals surface area (Å²) in [5.41, 5.74) is 0. The van der Waals surface area contributed by atoms with Crippen LogP contribution < -0.4 is 0 Å². The Hall–Kier alpha value is -1.74. The van der Waals surface area contributed by atoms with Gasteiger partial charge in [-0.15, -0.1) is 0 Å². The molecule has 0 amide bonds. The van der Waals surface area contributed by atoms with Gasteiger partial charge >= 0.3 is 41.8 Å². The van der Waals surface area contributed by atoms with E-state index in [-0.39, 0.29) is 0 Å². The van der Waals surface area contributed by atoms with Gasteiger partial charge in [0.2, 0.25) is 0 Å². The third-order valence-electron chi connectivity index (χ3n) is 3.08. The van der Waals surface area contributed by atoms with Crippen LogP contribution in [0.25, 0.3) is 0 Å². The van der Waals surface area contributed by atoms with E-state index in [4.69, 9.17) is 5.11 Å². The molecule has 0 aliphatic carbocycles. The number of carbonyl (C=O) groups excluding carboxylic acids is 1. The van der Waals surface area contributed by atoms with Crippen LogP contribution in [0.1, 0.15) is 6.42 Å². The van der Waals surface area contributed by atoms with Crippen molar-refractivity contribution in [2.45, 2.75) is 48.3 Å². The molecule has 1 unspecified atom stereocenters. The topological polar surface area (TPSA) is 46.5 Å². The van der Waals surface area contributed by atoms with Crippen LogP contribution in [0, 0.1) is 0 Å².